The molecule has 1 aliphatic heterocycles. The lowest BCUT2D eigenvalue weighted by atomic mass is 9.92. The third kappa shape index (κ3) is 2.23. The number of benzene rings is 1. The van der Waals surface area contributed by atoms with Crippen molar-refractivity contribution >= 4 is 21.2 Å². The molecule has 0 saturated heterocycles. The highest BCUT2D eigenvalue weighted by Gasteiger charge is 2.47. The lowest BCUT2D eigenvalue weighted by Crippen LogP contribution is -2.55. The fourth-order valence-electron chi connectivity index (χ4n) is 2.41. The van der Waals surface area contributed by atoms with Crippen LogP contribution in [0, 0.1) is 17.5 Å². The Labute approximate surface area is 122 Å². The molecule has 0 amide bonds. The quantitative estimate of drug-likeness (QED) is 0.637. The van der Waals surface area contributed by atoms with E-state index < -0.39 is 42.8 Å². The van der Waals surface area contributed by atoms with E-state index in [2.05, 4.69) is 10.9 Å². The molecule has 7 heteroatoms. The highest BCUT2D eigenvalue weighted by atomic mass is 32.2. The topological polar surface area (TPSA) is 55.5 Å². The lowest BCUT2D eigenvalue weighted by Gasteiger charge is -2.41. The van der Waals surface area contributed by atoms with E-state index in [1.54, 1.807) is 13.8 Å². The summed E-state index contributed by atoms with van der Waals surface area (Å²) in [5, 5.41) is 0. The Morgan fingerprint density at radius 2 is 1.76 bits per heavy atom. The second-order valence-corrected chi connectivity index (χ2v) is 8.89. The minimum Gasteiger partial charge on any atom is -0.386 e. The Balaban J connectivity index is 2.77. The van der Waals surface area contributed by atoms with Gasteiger partial charge in [-0.2, -0.15) is 0 Å². The van der Waals surface area contributed by atoms with Gasteiger partial charge in [-0.1, -0.05) is 0 Å². The second-order valence-electron chi connectivity index (χ2n) is 5.96. The summed E-state index contributed by atoms with van der Waals surface area (Å²) >= 11 is 0. The fraction of sp³-hybridized carbons (Fsp3) is 0.429. The summed E-state index contributed by atoms with van der Waals surface area (Å²) < 4.78 is 53.2. The van der Waals surface area contributed by atoms with Crippen molar-refractivity contribution in [3.8, 4) is 0 Å². The summed E-state index contributed by atoms with van der Waals surface area (Å²) in [5.41, 5.74) is 3.70. The SMILES string of the molecule is C=S1(=O)C[C@@](C)(c2c(F)ccc(F)c2F)N=C(N)C1(C)C. The van der Waals surface area contributed by atoms with Gasteiger partial charge >= 0.3 is 0 Å². The standard InChI is InChI=1S/C14H17F3N2OS/c1-13(2)12(18)19-14(3,7-21(13,4)20)10-8(15)5-6-9(16)11(10)17/h5-6H,4,7H2,1-3H3,(H2,18,19)/t14-,21?/m0/s1. The molecule has 2 N–H and O–H groups in total. The van der Waals surface area contributed by atoms with Crippen molar-refractivity contribution in [1.29, 1.82) is 0 Å². The maximum atomic E-state index is 14.0. The monoisotopic (exact) mass is 318 g/mol. The van der Waals surface area contributed by atoms with Gasteiger partial charge in [0.05, 0.1) is 10.3 Å². The largest absolute Gasteiger partial charge is 0.386 e. The lowest BCUT2D eigenvalue weighted by molar-refractivity contribution is 0.424. The average molecular weight is 318 g/mol. The highest BCUT2D eigenvalue weighted by Crippen LogP contribution is 2.39. The molecule has 1 heterocycles. The highest BCUT2D eigenvalue weighted by molar-refractivity contribution is 8.02. The molecular formula is C14H17F3N2OS. The summed E-state index contributed by atoms with van der Waals surface area (Å²) in [4.78, 5) is 4.12. The number of aliphatic imine (C=N–C) groups is 1. The Kier molecular flexibility index (Phi) is 3.40. The Morgan fingerprint density at radius 3 is 2.29 bits per heavy atom. The van der Waals surface area contributed by atoms with Gasteiger partial charge in [0.2, 0.25) is 0 Å². The minimum atomic E-state index is -2.82. The van der Waals surface area contributed by atoms with Crippen molar-refractivity contribution in [2.75, 3.05) is 5.75 Å². The third-order valence-corrected chi connectivity index (χ3v) is 7.11. The molecule has 0 fully saturated rings. The molecule has 1 aliphatic rings. The van der Waals surface area contributed by atoms with Crippen LogP contribution >= 0.6 is 0 Å². The molecule has 0 spiro atoms. The molecule has 2 atom stereocenters. The summed E-state index contributed by atoms with van der Waals surface area (Å²) in [6, 6.07) is 1.51. The van der Waals surface area contributed by atoms with Crippen molar-refractivity contribution in [3.63, 3.8) is 0 Å². The number of hydrogen-bond donors (Lipinski definition) is 1. The van der Waals surface area contributed by atoms with Crippen LogP contribution in [0.25, 0.3) is 0 Å². The van der Waals surface area contributed by atoms with Gasteiger partial charge in [0.25, 0.3) is 0 Å². The second kappa shape index (κ2) is 4.50. The van der Waals surface area contributed by atoms with Crippen molar-refractivity contribution in [2.24, 2.45) is 10.7 Å². The van der Waals surface area contributed by atoms with E-state index in [9.17, 15) is 17.4 Å². The molecule has 0 aliphatic carbocycles. The molecule has 21 heavy (non-hydrogen) atoms. The number of halogens is 3. The Hall–Kier alpha value is -1.50. The molecule has 0 bridgehead atoms. The van der Waals surface area contributed by atoms with Gasteiger partial charge in [-0.25, -0.2) is 13.2 Å². The number of amidine groups is 1. The fourth-order valence-corrected chi connectivity index (χ4v) is 4.31. The van der Waals surface area contributed by atoms with Crippen LogP contribution in [0.4, 0.5) is 13.2 Å². The number of hydrogen-bond acceptors (Lipinski definition) is 3. The first-order chi connectivity index (χ1) is 9.42. The molecule has 0 saturated carbocycles. The van der Waals surface area contributed by atoms with Gasteiger partial charge in [0, 0.05) is 5.75 Å². The van der Waals surface area contributed by atoms with Gasteiger partial charge in [-0.05, 0) is 48.3 Å². The molecule has 3 nitrogen and oxygen atoms in total. The van der Waals surface area contributed by atoms with Crippen LogP contribution in [0.3, 0.4) is 0 Å². The maximum absolute atomic E-state index is 14.0. The van der Waals surface area contributed by atoms with Crippen molar-refractivity contribution in [1.82, 2.24) is 0 Å². The number of nitrogens with zero attached hydrogens (tertiary/aromatic N) is 1. The molecule has 0 aromatic heterocycles. The molecule has 1 unspecified atom stereocenters. The number of nitrogens with two attached hydrogens (primary N) is 1. The normalized spacial score (nSPS) is 31.8. The molecule has 116 valence electrons. The van der Waals surface area contributed by atoms with Gasteiger partial charge in [0.1, 0.15) is 17.2 Å². The van der Waals surface area contributed by atoms with Crippen molar-refractivity contribution in [3.05, 3.63) is 35.1 Å². The van der Waals surface area contributed by atoms with Gasteiger partial charge in [-0.15, -0.1) is 0 Å². The zero-order valence-corrected chi connectivity index (χ0v) is 12.9. The van der Waals surface area contributed by atoms with Gasteiger partial charge < -0.3 is 5.73 Å². The summed E-state index contributed by atoms with van der Waals surface area (Å²) in [6.07, 6.45) is 0. The van der Waals surface area contributed by atoms with E-state index in [-0.39, 0.29) is 11.6 Å². The predicted molar refractivity (Wildman–Crippen MR) is 79.5 cm³/mol. The van der Waals surface area contributed by atoms with Gasteiger partial charge in [0.15, 0.2) is 11.6 Å². The van der Waals surface area contributed by atoms with Crippen LogP contribution in [0.15, 0.2) is 17.1 Å². The van der Waals surface area contributed by atoms with E-state index in [1.165, 1.54) is 6.92 Å². The van der Waals surface area contributed by atoms with E-state index in [4.69, 9.17) is 5.73 Å². The van der Waals surface area contributed by atoms with E-state index in [0.717, 1.165) is 6.07 Å². The van der Waals surface area contributed by atoms with E-state index in [0.29, 0.717) is 6.07 Å². The molecule has 0 radical (unpaired) electrons. The summed E-state index contributed by atoms with van der Waals surface area (Å²) in [5.74, 6) is -0.0602. The molecular weight excluding hydrogens is 301 g/mol. The van der Waals surface area contributed by atoms with E-state index in [1.807, 2.05) is 0 Å². The van der Waals surface area contributed by atoms with Crippen LogP contribution in [0.5, 0.6) is 0 Å². The van der Waals surface area contributed by atoms with Crippen LogP contribution in [0.1, 0.15) is 26.3 Å². The maximum Gasteiger partial charge on any atom is 0.167 e. The first kappa shape index (κ1) is 15.9. The first-order valence-electron chi connectivity index (χ1n) is 6.27. The molecule has 1 aromatic carbocycles. The van der Waals surface area contributed by atoms with Gasteiger partial charge in [-0.3, -0.25) is 9.20 Å². The summed E-state index contributed by atoms with van der Waals surface area (Å²) in [6.45, 7) is 4.60. The zero-order valence-electron chi connectivity index (χ0n) is 12.0. The minimum absolute atomic E-state index is 0.0145. The first-order valence-corrected chi connectivity index (χ1v) is 8.16. The Bertz CT molecular complexity index is 741. The smallest absolute Gasteiger partial charge is 0.167 e. The number of rotatable bonds is 1. The summed E-state index contributed by atoms with van der Waals surface area (Å²) in [7, 11) is -2.82. The molecule has 1 aromatic rings. The molecule has 2 rings (SSSR count). The van der Waals surface area contributed by atoms with Crippen molar-refractivity contribution in [2.45, 2.75) is 31.1 Å². The average Bonchev–Trinajstić information content (AvgIpc) is 2.31. The van der Waals surface area contributed by atoms with Crippen molar-refractivity contribution < 1.29 is 17.4 Å². The van der Waals surface area contributed by atoms with Crippen LogP contribution in [0.2, 0.25) is 0 Å². The predicted octanol–water partition coefficient (Wildman–Crippen LogP) is 2.18. The van der Waals surface area contributed by atoms with E-state index >= 15 is 0 Å². The zero-order chi connectivity index (χ0) is 16.2. The van der Waals surface area contributed by atoms with Crippen LogP contribution in [-0.2, 0) is 15.1 Å². The third-order valence-electron chi connectivity index (χ3n) is 4.01. The van der Waals surface area contributed by atoms with Crippen LogP contribution in [-0.4, -0.2) is 26.4 Å². The Morgan fingerprint density at radius 1 is 1.24 bits per heavy atom. The van der Waals surface area contributed by atoms with Crippen LogP contribution < -0.4 is 5.73 Å².